The molecule has 0 heterocycles. The van der Waals surface area contributed by atoms with Crippen molar-refractivity contribution in [3.05, 3.63) is 29.8 Å². The Hall–Kier alpha value is -1.04. The van der Waals surface area contributed by atoms with E-state index in [1.807, 2.05) is 41.5 Å². The van der Waals surface area contributed by atoms with E-state index in [0.29, 0.717) is 0 Å². The maximum absolute atomic E-state index is 12.4. The molecule has 0 fully saturated rings. The van der Waals surface area contributed by atoms with Gasteiger partial charge in [0.05, 0.1) is 16.2 Å². The lowest BCUT2D eigenvalue weighted by molar-refractivity contribution is -0.137. The maximum atomic E-state index is 12.4. The van der Waals surface area contributed by atoms with Crippen molar-refractivity contribution in [2.24, 2.45) is 11.3 Å². The van der Waals surface area contributed by atoms with Crippen LogP contribution in [0.2, 0.25) is 0 Å². The monoisotopic (exact) mass is 338 g/mol. The summed E-state index contributed by atoms with van der Waals surface area (Å²) in [5, 5.41) is 0. The molecule has 0 spiro atoms. The van der Waals surface area contributed by atoms with Gasteiger partial charge in [-0.2, -0.15) is 13.2 Å². The lowest BCUT2D eigenvalue weighted by Gasteiger charge is -2.28. The molecule has 1 aromatic rings. The van der Waals surface area contributed by atoms with Crippen LogP contribution in [0.15, 0.2) is 29.2 Å². The van der Waals surface area contributed by atoms with Gasteiger partial charge in [0.25, 0.3) is 0 Å². The van der Waals surface area contributed by atoms with E-state index in [2.05, 4.69) is 0 Å². The molecular weight excluding hydrogens is 313 g/mol. The van der Waals surface area contributed by atoms with Crippen molar-refractivity contribution in [3.63, 3.8) is 0 Å². The van der Waals surface area contributed by atoms with Gasteiger partial charge in [0.1, 0.15) is 0 Å². The Balaban J connectivity index is 0.00000211. The molecule has 0 aliphatic heterocycles. The van der Waals surface area contributed by atoms with E-state index in [0.717, 1.165) is 24.3 Å². The molecule has 1 rings (SSSR count). The Bertz CT molecular complexity index is 556. The van der Waals surface area contributed by atoms with Crippen molar-refractivity contribution >= 4 is 9.84 Å². The third kappa shape index (κ3) is 5.63. The Labute approximate surface area is 131 Å². The molecule has 0 bridgehead atoms. The molecule has 0 aliphatic rings. The third-order valence-electron chi connectivity index (χ3n) is 3.67. The van der Waals surface area contributed by atoms with Crippen LogP contribution in [0.4, 0.5) is 13.2 Å². The number of halogens is 3. The van der Waals surface area contributed by atoms with Gasteiger partial charge in [-0.3, -0.25) is 0 Å². The highest BCUT2D eigenvalue weighted by Gasteiger charge is 2.32. The lowest BCUT2D eigenvalue weighted by atomic mass is 9.83. The van der Waals surface area contributed by atoms with E-state index < -0.39 is 27.0 Å². The van der Waals surface area contributed by atoms with Gasteiger partial charge < -0.3 is 0 Å². The number of hydrogen-bond acceptors (Lipinski definition) is 2. The molecule has 0 amide bonds. The fourth-order valence-electron chi connectivity index (χ4n) is 1.59. The molecule has 0 aliphatic carbocycles. The molecule has 0 N–H and O–H groups in total. The smallest absolute Gasteiger partial charge is 0.224 e. The van der Waals surface area contributed by atoms with Crippen LogP contribution in [0, 0.1) is 11.3 Å². The molecule has 2 nitrogen and oxygen atoms in total. The Morgan fingerprint density at radius 3 is 1.73 bits per heavy atom. The van der Waals surface area contributed by atoms with Crippen LogP contribution < -0.4 is 0 Å². The second-order valence-electron chi connectivity index (χ2n) is 5.92. The first kappa shape index (κ1) is 21.0. The predicted molar refractivity (Wildman–Crippen MR) is 83.5 cm³/mol. The molecule has 6 heteroatoms. The summed E-state index contributed by atoms with van der Waals surface area (Å²) in [7, 11) is -3.59. The Morgan fingerprint density at radius 1 is 1.00 bits per heavy atom. The second kappa shape index (κ2) is 7.49. The zero-order chi connectivity index (χ0) is 17.8. The number of benzene rings is 1. The molecule has 128 valence electrons. The van der Waals surface area contributed by atoms with Crippen LogP contribution in [0.5, 0.6) is 0 Å². The van der Waals surface area contributed by atoms with Crippen LogP contribution in [0.3, 0.4) is 0 Å². The van der Waals surface area contributed by atoms with Crippen LogP contribution in [-0.2, 0) is 16.0 Å². The number of alkyl halides is 3. The summed E-state index contributed by atoms with van der Waals surface area (Å²) in [5.41, 5.74) is -1.29. The second-order valence-corrected chi connectivity index (χ2v) is 7.91. The molecule has 0 saturated heterocycles. The van der Waals surface area contributed by atoms with Gasteiger partial charge in [0.15, 0.2) is 9.84 Å². The van der Waals surface area contributed by atoms with Gasteiger partial charge in [0.2, 0.25) is 0 Å². The van der Waals surface area contributed by atoms with E-state index >= 15 is 0 Å². The molecule has 22 heavy (non-hydrogen) atoms. The third-order valence-corrected chi connectivity index (χ3v) is 5.78. The van der Waals surface area contributed by atoms with Gasteiger partial charge in [0, 0.05) is 0 Å². The normalized spacial score (nSPS) is 12.8. The fraction of sp³-hybridized carbons (Fsp3) is 0.625. The van der Waals surface area contributed by atoms with Gasteiger partial charge in [-0.1, -0.05) is 41.5 Å². The van der Waals surface area contributed by atoms with Crippen molar-refractivity contribution in [1.29, 1.82) is 0 Å². The zero-order valence-electron chi connectivity index (χ0n) is 14.0. The first-order chi connectivity index (χ1) is 9.86. The van der Waals surface area contributed by atoms with Crippen LogP contribution in [0.25, 0.3) is 0 Å². The van der Waals surface area contributed by atoms with Gasteiger partial charge in [-0.15, -0.1) is 0 Å². The quantitative estimate of drug-likeness (QED) is 0.757. The minimum atomic E-state index is -4.46. The van der Waals surface area contributed by atoms with Crippen molar-refractivity contribution in [2.45, 2.75) is 52.6 Å². The molecule has 0 atom stereocenters. The lowest BCUT2D eigenvalue weighted by Crippen LogP contribution is -2.29. The van der Waals surface area contributed by atoms with Crippen LogP contribution >= 0.6 is 0 Å². The predicted octanol–water partition coefficient (Wildman–Crippen LogP) is 5.19. The first-order valence-electron chi connectivity index (χ1n) is 7.26. The fourth-order valence-corrected chi connectivity index (χ4v) is 3.62. The minimum absolute atomic E-state index is 0.0702. The van der Waals surface area contributed by atoms with Crippen molar-refractivity contribution in [1.82, 2.24) is 0 Å². The SMILES string of the molecule is CC.CC(C)C(C)(C)CS(=O)(=O)c1ccc(C(F)(F)F)cc1. The average molecular weight is 338 g/mol. The van der Waals surface area contributed by atoms with Gasteiger partial charge in [-0.25, -0.2) is 8.42 Å². The van der Waals surface area contributed by atoms with Crippen molar-refractivity contribution in [2.75, 3.05) is 5.75 Å². The molecule has 1 aromatic carbocycles. The Morgan fingerprint density at radius 2 is 1.41 bits per heavy atom. The maximum Gasteiger partial charge on any atom is 0.416 e. The first-order valence-corrected chi connectivity index (χ1v) is 8.91. The van der Waals surface area contributed by atoms with E-state index in [4.69, 9.17) is 0 Å². The molecule has 0 aromatic heterocycles. The summed E-state index contributed by atoms with van der Waals surface area (Å²) in [4.78, 5) is -0.0702. The molecule has 0 radical (unpaired) electrons. The summed E-state index contributed by atoms with van der Waals surface area (Å²) in [5.74, 6) is 0.0509. The van der Waals surface area contributed by atoms with Crippen LogP contribution in [-0.4, -0.2) is 14.2 Å². The zero-order valence-corrected chi connectivity index (χ0v) is 14.8. The number of rotatable bonds is 4. The van der Waals surface area contributed by atoms with E-state index in [9.17, 15) is 21.6 Å². The van der Waals surface area contributed by atoms with Crippen molar-refractivity contribution in [3.8, 4) is 0 Å². The van der Waals surface area contributed by atoms with E-state index in [-0.39, 0.29) is 16.6 Å². The minimum Gasteiger partial charge on any atom is -0.224 e. The molecule has 0 unspecified atom stereocenters. The topological polar surface area (TPSA) is 34.1 Å². The summed E-state index contributed by atoms with van der Waals surface area (Å²) in [6, 6.07) is 3.65. The number of sulfone groups is 1. The molecular formula is C16H25F3O2S. The van der Waals surface area contributed by atoms with Gasteiger partial charge >= 0.3 is 6.18 Å². The van der Waals surface area contributed by atoms with E-state index in [1.54, 1.807) is 0 Å². The molecule has 0 saturated carbocycles. The van der Waals surface area contributed by atoms with Crippen molar-refractivity contribution < 1.29 is 21.6 Å². The Kier molecular flexibility index (Phi) is 7.13. The van der Waals surface area contributed by atoms with E-state index in [1.165, 1.54) is 0 Å². The standard InChI is InChI=1S/C14H19F3O2S.C2H6/c1-10(2)13(3,4)9-20(18,19)12-7-5-11(6-8-12)14(15,16)17;1-2/h5-8,10H,9H2,1-4H3;1-2H3. The summed E-state index contributed by atoms with van der Waals surface area (Å²) in [6.45, 7) is 11.5. The largest absolute Gasteiger partial charge is 0.416 e. The summed E-state index contributed by atoms with van der Waals surface area (Å²) in [6.07, 6.45) is -4.46. The van der Waals surface area contributed by atoms with Crippen LogP contribution in [0.1, 0.15) is 47.1 Å². The highest BCUT2D eigenvalue weighted by atomic mass is 32.2. The number of hydrogen-bond donors (Lipinski definition) is 0. The average Bonchev–Trinajstić information content (AvgIpc) is 2.39. The highest BCUT2D eigenvalue weighted by Crippen LogP contribution is 2.32. The highest BCUT2D eigenvalue weighted by molar-refractivity contribution is 7.91. The van der Waals surface area contributed by atoms with Gasteiger partial charge in [-0.05, 0) is 35.6 Å². The summed E-state index contributed by atoms with van der Waals surface area (Å²) >= 11 is 0. The summed E-state index contributed by atoms with van der Waals surface area (Å²) < 4.78 is 61.8.